The fraction of sp³-hybridized carbons (Fsp3) is 0.462. The predicted octanol–water partition coefficient (Wildman–Crippen LogP) is 2.55. The summed E-state index contributed by atoms with van der Waals surface area (Å²) in [5.41, 5.74) is 1.14. The molecular formula is C13H14F3NO3. The number of hydrogen-bond acceptors (Lipinski definition) is 3. The van der Waals surface area contributed by atoms with Crippen molar-refractivity contribution in [2.45, 2.75) is 25.1 Å². The van der Waals surface area contributed by atoms with Crippen molar-refractivity contribution in [2.24, 2.45) is 0 Å². The van der Waals surface area contributed by atoms with Crippen molar-refractivity contribution in [1.82, 2.24) is 5.48 Å². The lowest BCUT2D eigenvalue weighted by Gasteiger charge is -2.11. The zero-order valence-electron chi connectivity index (χ0n) is 10.6. The van der Waals surface area contributed by atoms with Crippen molar-refractivity contribution in [3.63, 3.8) is 0 Å². The average Bonchev–Trinajstić information content (AvgIpc) is 2.91. The van der Waals surface area contributed by atoms with Gasteiger partial charge < -0.3 is 4.74 Å². The maximum atomic E-state index is 12.5. The molecule has 0 spiro atoms. The molecule has 7 heteroatoms. The molecule has 4 nitrogen and oxygen atoms in total. The van der Waals surface area contributed by atoms with Crippen molar-refractivity contribution < 1.29 is 27.5 Å². The van der Waals surface area contributed by atoms with Gasteiger partial charge in [-0.1, -0.05) is 6.07 Å². The third-order valence-corrected chi connectivity index (χ3v) is 2.91. The highest BCUT2D eigenvalue weighted by Crippen LogP contribution is 2.29. The Hall–Kier alpha value is -1.60. The van der Waals surface area contributed by atoms with Crippen molar-refractivity contribution >= 4 is 5.91 Å². The number of ether oxygens (including phenoxy) is 1. The molecule has 1 aliphatic rings. The number of halogens is 3. The molecule has 1 aromatic carbocycles. The number of nitrogens with one attached hydrogen (secondary N) is 1. The highest BCUT2D eigenvalue weighted by atomic mass is 19.4. The van der Waals surface area contributed by atoms with E-state index in [1.54, 1.807) is 0 Å². The average molecular weight is 289 g/mol. The van der Waals surface area contributed by atoms with Crippen LogP contribution in [0.1, 0.15) is 28.8 Å². The van der Waals surface area contributed by atoms with E-state index in [4.69, 9.17) is 9.57 Å². The van der Waals surface area contributed by atoms with E-state index >= 15 is 0 Å². The van der Waals surface area contributed by atoms with Crippen molar-refractivity contribution in [3.05, 3.63) is 35.4 Å². The van der Waals surface area contributed by atoms with Crippen LogP contribution in [0.15, 0.2) is 24.3 Å². The molecule has 0 aromatic heterocycles. The fourth-order valence-electron chi connectivity index (χ4n) is 1.87. The summed E-state index contributed by atoms with van der Waals surface area (Å²) < 4.78 is 42.8. The van der Waals surface area contributed by atoms with Crippen LogP contribution < -0.4 is 5.48 Å². The van der Waals surface area contributed by atoms with Crippen LogP contribution in [0.25, 0.3) is 0 Å². The van der Waals surface area contributed by atoms with E-state index in [2.05, 4.69) is 5.48 Å². The molecule has 2 rings (SSSR count). The maximum absolute atomic E-state index is 12.5. The zero-order chi connectivity index (χ0) is 14.6. The molecule has 1 fully saturated rings. The molecule has 0 aliphatic carbocycles. The van der Waals surface area contributed by atoms with E-state index in [0.717, 1.165) is 25.0 Å². The summed E-state index contributed by atoms with van der Waals surface area (Å²) in [7, 11) is 0. The molecule has 1 unspecified atom stereocenters. The van der Waals surface area contributed by atoms with Crippen LogP contribution in [0.4, 0.5) is 13.2 Å². The highest BCUT2D eigenvalue weighted by molar-refractivity contribution is 5.93. The van der Waals surface area contributed by atoms with Gasteiger partial charge in [-0.25, -0.2) is 5.48 Å². The fourth-order valence-corrected chi connectivity index (χ4v) is 1.87. The number of alkyl halides is 3. The summed E-state index contributed by atoms with van der Waals surface area (Å²) >= 11 is 0. The largest absolute Gasteiger partial charge is 0.416 e. The lowest BCUT2D eigenvalue weighted by atomic mass is 10.1. The second kappa shape index (κ2) is 6.23. The summed E-state index contributed by atoms with van der Waals surface area (Å²) in [5, 5.41) is 0. The van der Waals surface area contributed by atoms with Crippen molar-refractivity contribution in [1.29, 1.82) is 0 Å². The SMILES string of the molecule is O=C(NOCC1CCCO1)c1cccc(C(F)(F)F)c1. The topological polar surface area (TPSA) is 47.6 Å². The Morgan fingerprint density at radius 3 is 2.90 bits per heavy atom. The third-order valence-electron chi connectivity index (χ3n) is 2.91. The van der Waals surface area contributed by atoms with Crippen molar-refractivity contribution in [2.75, 3.05) is 13.2 Å². The van der Waals surface area contributed by atoms with Crippen molar-refractivity contribution in [3.8, 4) is 0 Å². The minimum absolute atomic E-state index is 0.0724. The normalized spacial score (nSPS) is 19.1. The molecule has 1 aromatic rings. The molecule has 0 radical (unpaired) electrons. The number of hydroxylamine groups is 1. The van der Waals surface area contributed by atoms with Crippen LogP contribution in [-0.2, 0) is 15.8 Å². The number of carbonyl (C=O) groups is 1. The number of rotatable bonds is 4. The van der Waals surface area contributed by atoms with E-state index in [1.807, 2.05) is 0 Å². The molecule has 1 heterocycles. The standard InChI is InChI=1S/C13H14F3NO3/c14-13(15,16)10-4-1-3-9(7-10)12(18)17-20-8-11-5-2-6-19-11/h1,3-4,7,11H,2,5-6,8H2,(H,17,18). The Morgan fingerprint density at radius 1 is 1.45 bits per heavy atom. The molecule has 1 saturated heterocycles. The van der Waals surface area contributed by atoms with Crippen LogP contribution in [0.3, 0.4) is 0 Å². The smallest absolute Gasteiger partial charge is 0.376 e. The first-order valence-corrected chi connectivity index (χ1v) is 6.18. The first-order valence-electron chi connectivity index (χ1n) is 6.18. The summed E-state index contributed by atoms with van der Waals surface area (Å²) in [6, 6.07) is 4.16. The predicted molar refractivity (Wildman–Crippen MR) is 63.8 cm³/mol. The van der Waals surface area contributed by atoms with Gasteiger partial charge in [0.1, 0.15) is 6.61 Å². The Kier molecular flexibility index (Phi) is 4.61. The van der Waals surface area contributed by atoms with Gasteiger partial charge in [-0.2, -0.15) is 13.2 Å². The number of carbonyl (C=O) groups excluding carboxylic acids is 1. The molecule has 1 aliphatic heterocycles. The lowest BCUT2D eigenvalue weighted by molar-refractivity contribution is -0.137. The van der Waals surface area contributed by atoms with Crippen LogP contribution in [0.2, 0.25) is 0 Å². The Bertz CT molecular complexity index is 470. The molecule has 1 amide bonds. The monoisotopic (exact) mass is 289 g/mol. The van der Waals surface area contributed by atoms with Gasteiger partial charge in [0.05, 0.1) is 11.7 Å². The molecule has 1 atom stereocenters. The van der Waals surface area contributed by atoms with Gasteiger partial charge in [0.15, 0.2) is 0 Å². The van der Waals surface area contributed by atoms with Gasteiger partial charge in [0.2, 0.25) is 0 Å². The summed E-state index contributed by atoms with van der Waals surface area (Å²) in [6.45, 7) is 0.848. The second-order valence-corrected chi connectivity index (χ2v) is 4.46. The van der Waals surface area contributed by atoms with Gasteiger partial charge >= 0.3 is 6.18 Å². The van der Waals surface area contributed by atoms with Crippen LogP contribution in [-0.4, -0.2) is 25.2 Å². The minimum Gasteiger partial charge on any atom is -0.376 e. The van der Waals surface area contributed by atoms with Gasteiger partial charge in [-0.15, -0.1) is 0 Å². The summed E-state index contributed by atoms with van der Waals surface area (Å²) in [6.07, 6.45) is -2.76. The van der Waals surface area contributed by atoms with Gasteiger partial charge in [0, 0.05) is 12.2 Å². The van der Waals surface area contributed by atoms with E-state index in [0.29, 0.717) is 6.61 Å². The Labute approximate surface area is 113 Å². The van der Waals surface area contributed by atoms with E-state index in [9.17, 15) is 18.0 Å². The minimum atomic E-state index is -4.48. The van der Waals surface area contributed by atoms with E-state index in [1.165, 1.54) is 12.1 Å². The molecule has 0 bridgehead atoms. The molecule has 1 N–H and O–H groups in total. The van der Waals surface area contributed by atoms with Gasteiger partial charge in [-0.3, -0.25) is 9.63 Å². The summed E-state index contributed by atoms with van der Waals surface area (Å²) in [4.78, 5) is 16.6. The second-order valence-electron chi connectivity index (χ2n) is 4.46. The summed E-state index contributed by atoms with van der Waals surface area (Å²) in [5.74, 6) is -0.714. The maximum Gasteiger partial charge on any atom is 0.416 e. The Morgan fingerprint density at radius 2 is 2.25 bits per heavy atom. The Balaban J connectivity index is 1.88. The van der Waals surface area contributed by atoms with E-state index < -0.39 is 17.6 Å². The lowest BCUT2D eigenvalue weighted by Crippen LogP contribution is -2.28. The molecular weight excluding hydrogens is 275 g/mol. The quantitative estimate of drug-likeness (QED) is 0.867. The highest BCUT2D eigenvalue weighted by Gasteiger charge is 2.30. The van der Waals surface area contributed by atoms with Crippen LogP contribution >= 0.6 is 0 Å². The number of benzene rings is 1. The molecule has 20 heavy (non-hydrogen) atoms. The molecule has 0 saturated carbocycles. The number of amides is 1. The van der Waals surface area contributed by atoms with Gasteiger partial charge in [0.25, 0.3) is 5.91 Å². The first-order chi connectivity index (χ1) is 9.47. The third kappa shape index (κ3) is 3.94. The van der Waals surface area contributed by atoms with Crippen LogP contribution in [0, 0.1) is 0 Å². The van der Waals surface area contributed by atoms with Gasteiger partial charge in [-0.05, 0) is 31.0 Å². The molecule has 110 valence electrons. The number of hydrogen-bond donors (Lipinski definition) is 1. The van der Waals surface area contributed by atoms with Crippen LogP contribution in [0.5, 0.6) is 0 Å². The van der Waals surface area contributed by atoms with E-state index in [-0.39, 0.29) is 18.3 Å². The first kappa shape index (κ1) is 14.8. The zero-order valence-corrected chi connectivity index (χ0v) is 10.6.